The van der Waals surface area contributed by atoms with Gasteiger partial charge < -0.3 is 4.74 Å². The van der Waals surface area contributed by atoms with Crippen LogP contribution in [0.2, 0.25) is 0 Å². The molecule has 0 atom stereocenters. The van der Waals surface area contributed by atoms with Gasteiger partial charge in [0.05, 0.1) is 12.2 Å². The van der Waals surface area contributed by atoms with Gasteiger partial charge in [0.15, 0.2) is 0 Å². The van der Waals surface area contributed by atoms with E-state index in [1.54, 1.807) is 6.08 Å². The standard InChI is InChI=1S/C12H12O/c1-4-10-8-7-9-12(13-6-3)11(10)5-2/h2,4,7-9H,1,6H2,3H3. The van der Waals surface area contributed by atoms with Gasteiger partial charge >= 0.3 is 0 Å². The Kier molecular flexibility index (Phi) is 3.16. The molecule has 0 aliphatic carbocycles. The molecule has 1 heteroatoms. The Hall–Kier alpha value is -1.68. The van der Waals surface area contributed by atoms with E-state index in [9.17, 15) is 0 Å². The molecule has 13 heavy (non-hydrogen) atoms. The Morgan fingerprint density at radius 2 is 2.38 bits per heavy atom. The summed E-state index contributed by atoms with van der Waals surface area (Å²) in [6.07, 6.45) is 7.11. The zero-order chi connectivity index (χ0) is 9.68. The van der Waals surface area contributed by atoms with Gasteiger partial charge in [-0.2, -0.15) is 0 Å². The Morgan fingerprint density at radius 1 is 1.62 bits per heavy atom. The van der Waals surface area contributed by atoms with Gasteiger partial charge in [0.2, 0.25) is 0 Å². The van der Waals surface area contributed by atoms with Crippen molar-refractivity contribution in [2.75, 3.05) is 6.61 Å². The first-order valence-electron chi connectivity index (χ1n) is 4.18. The summed E-state index contributed by atoms with van der Waals surface area (Å²) in [5.41, 5.74) is 1.72. The van der Waals surface area contributed by atoms with Crippen molar-refractivity contribution in [1.82, 2.24) is 0 Å². The number of terminal acetylenes is 1. The molecule has 0 unspecified atom stereocenters. The maximum Gasteiger partial charge on any atom is 0.135 e. The van der Waals surface area contributed by atoms with Crippen molar-refractivity contribution in [3.8, 4) is 18.1 Å². The average Bonchev–Trinajstić information content (AvgIpc) is 2.18. The molecule has 0 bridgehead atoms. The molecule has 1 aromatic rings. The van der Waals surface area contributed by atoms with Gasteiger partial charge in [-0.25, -0.2) is 0 Å². The van der Waals surface area contributed by atoms with Gasteiger partial charge in [0.25, 0.3) is 0 Å². The number of hydrogen-bond acceptors (Lipinski definition) is 1. The summed E-state index contributed by atoms with van der Waals surface area (Å²) in [7, 11) is 0. The van der Waals surface area contributed by atoms with E-state index in [1.165, 1.54) is 0 Å². The zero-order valence-corrected chi connectivity index (χ0v) is 7.71. The molecule has 0 N–H and O–H groups in total. The lowest BCUT2D eigenvalue weighted by atomic mass is 10.1. The van der Waals surface area contributed by atoms with Gasteiger partial charge in [-0.05, 0) is 18.6 Å². The van der Waals surface area contributed by atoms with Gasteiger partial charge in [-0.1, -0.05) is 30.7 Å². The monoisotopic (exact) mass is 172 g/mol. The van der Waals surface area contributed by atoms with E-state index in [2.05, 4.69) is 12.5 Å². The molecule has 0 radical (unpaired) electrons. The molecule has 0 heterocycles. The van der Waals surface area contributed by atoms with E-state index >= 15 is 0 Å². The average molecular weight is 172 g/mol. The van der Waals surface area contributed by atoms with E-state index in [0.717, 1.165) is 16.9 Å². The van der Waals surface area contributed by atoms with Crippen molar-refractivity contribution in [3.05, 3.63) is 35.9 Å². The molecule has 0 amide bonds. The SMILES string of the molecule is C#Cc1c(C=C)cccc1OCC. The molecular weight excluding hydrogens is 160 g/mol. The fraction of sp³-hybridized carbons (Fsp3) is 0.167. The van der Waals surface area contributed by atoms with Crippen LogP contribution in [0.25, 0.3) is 6.08 Å². The van der Waals surface area contributed by atoms with Gasteiger partial charge in [-0.3, -0.25) is 0 Å². The molecule has 0 aliphatic rings. The van der Waals surface area contributed by atoms with Gasteiger partial charge in [0.1, 0.15) is 5.75 Å². The Bertz CT molecular complexity index is 345. The molecule has 0 fully saturated rings. The van der Waals surface area contributed by atoms with Crippen LogP contribution in [-0.4, -0.2) is 6.61 Å². The summed E-state index contributed by atoms with van der Waals surface area (Å²) in [6, 6.07) is 5.69. The van der Waals surface area contributed by atoms with E-state index in [0.29, 0.717) is 6.61 Å². The highest BCUT2D eigenvalue weighted by Crippen LogP contribution is 2.22. The molecule has 0 spiro atoms. The van der Waals surface area contributed by atoms with Gasteiger partial charge in [-0.15, -0.1) is 6.42 Å². The van der Waals surface area contributed by atoms with Crippen LogP contribution in [0.5, 0.6) is 5.75 Å². The summed E-state index contributed by atoms with van der Waals surface area (Å²) >= 11 is 0. The van der Waals surface area contributed by atoms with Crippen molar-refractivity contribution in [1.29, 1.82) is 0 Å². The van der Waals surface area contributed by atoms with Crippen LogP contribution in [0.3, 0.4) is 0 Å². The highest BCUT2D eigenvalue weighted by Gasteiger charge is 2.03. The summed E-state index contributed by atoms with van der Waals surface area (Å²) in [5.74, 6) is 3.36. The van der Waals surface area contributed by atoms with Crippen LogP contribution in [0.15, 0.2) is 24.8 Å². The molecule has 0 aromatic heterocycles. The fourth-order valence-corrected chi connectivity index (χ4v) is 1.15. The fourth-order valence-electron chi connectivity index (χ4n) is 1.15. The molecule has 1 aromatic carbocycles. The maximum atomic E-state index is 5.38. The lowest BCUT2D eigenvalue weighted by Gasteiger charge is -2.07. The first-order chi connectivity index (χ1) is 6.33. The summed E-state index contributed by atoms with van der Waals surface area (Å²) in [5, 5.41) is 0. The van der Waals surface area contributed by atoms with Crippen LogP contribution < -0.4 is 4.74 Å². The smallest absolute Gasteiger partial charge is 0.135 e. The number of rotatable bonds is 3. The second kappa shape index (κ2) is 4.37. The Balaban J connectivity index is 3.20. The Morgan fingerprint density at radius 3 is 2.92 bits per heavy atom. The minimum atomic E-state index is 0.620. The number of ether oxygens (including phenoxy) is 1. The quantitative estimate of drug-likeness (QED) is 0.637. The minimum absolute atomic E-state index is 0.620. The molecule has 1 rings (SSSR count). The third-order valence-electron chi connectivity index (χ3n) is 1.72. The largest absolute Gasteiger partial charge is 0.493 e. The predicted molar refractivity (Wildman–Crippen MR) is 55.6 cm³/mol. The van der Waals surface area contributed by atoms with Crippen LogP contribution in [0.1, 0.15) is 18.1 Å². The summed E-state index contributed by atoms with van der Waals surface area (Å²) in [4.78, 5) is 0. The molecule has 1 nitrogen and oxygen atoms in total. The Labute approximate surface area is 79.0 Å². The number of benzene rings is 1. The first kappa shape index (κ1) is 9.41. The van der Waals surface area contributed by atoms with Gasteiger partial charge in [0, 0.05) is 0 Å². The van der Waals surface area contributed by atoms with Crippen molar-refractivity contribution in [2.45, 2.75) is 6.92 Å². The van der Waals surface area contributed by atoms with Crippen molar-refractivity contribution in [3.63, 3.8) is 0 Å². The van der Waals surface area contributed by atoms with Crippen LogP contribution in [0, 0.1) is 12.3 Å². The normalized spacial score (nSPS) is 8.92. The third-order valence-corrected chi connectivity index (χ3v) is 1.72. The van der Waals surface area contributed by atoms with E-state index in [-0.39, 0.29) is 0 Å². The second-order valence-corrected chi connectivity index (χ2v) is 2.50. The van der Waals surface area contributed by atoms with Crippen LogP contribution >= 0.6 is 0 Å². The predicted octanol–water partition coefficient (Wildman–Crippen LogP) is 2.71. The minimum Gasteiger partial charge on any atom is -0.493 e. The molecule has 66 valence electrons. The molecule has 0 aliphatic heterocycles. The van der Waals surface area contributed by atoms with E-state index in [1.807, 2.05) is 25.1 Å². The van der Waals surface area contributed by atoms with Crippen molar-refractivity contribution in [2.24, 2.45) is 0 Å². The summed E-state index contributed by atoms with van der Waals surface area (Å²) < 4.78 is 5.38. The first-order valence-corrected chi connectivity index (χ1v) is 4.18. The molecular formula is C12H12O. The van der Waals surface area contributed by atoms with Crippen LogP contribution in [-0.2, 0) is 0 Å². The zero-order valence-electron chi connectivity index (χ0n) is 7.71. The molecule has 0 saturated carbocycles. The topological polar surface area (TPSA) is 9.23 Å². The maximum absolute atomic E-state index is 5.38. The lowest BCUT2D eigenvalue weighted by Crippen LogP contribution is -1.95. The highest BCUT2D eigenvalue weighted by atomic mass is 16.5. The summed E-state index contributed by atoms with van der Waals surface area (Å²) in [6.45, 7) is 6.24. The van der Waals surface area contributed by atoms with Crippen LogP contribution in [0.4, 0.5) is 0 Å². The number of hydrogen-bond donors (Lipinski definition) is 0. The van der Waals surface area contributed by atoms with Crippen molar-refractivity contribution >= 4 is 6.08 Å². The lowest BCUT2D eigenvalue weighted by molar-refractivity contribution is 0.339. The third kappa shape index (κ3) is 1.91. The second-order valence-electron chi connectivity index (χ2n) is 2.50. The molecule has 0 saturated heterocycles. The van der Waals surface area contributed by atoms with E-state index in [4.69, 9.17) is 11.2 Å². The van der Waals surface area contributed by atoms with Crippen molar-refractivity contribution < 1.29 is 4.74 Å². The van der Waals surface area contributed by atoms with E-state index < -0.39 is 0 Å². The highest BCUT2D eigenvalue weighted by molar-refractivity contribution is 5.62.